The minimum atomic E-state index is -2.75. The fourth-order valence-corrected chi connectivity index (χ4v) is 2.39. The Morgan fingerprint density at radius 2 is 2.44 bits per heavy atom. The van der Waals surface area contributed by atoms with Crippen molar-refractivity contribution in [1.82, 2.24) is 5.31 Å². The first kappa shape index (κ1) is 5.15. The second-order valence-corrected chi connectivity index (χ2v) is 4.20. The van der Waals surface area contributed by atoms with E-state index in [9.17, 15) is 4.39 Å². The highest BCUT2D eigenvalue weighted by atomic mass is 19.1. The molecular formula is C13H17FN2. The molecule has 1 aromatic rings. The summed E-state index contributed by atoms with van der Waals surface area (Å²) < 4.78 is 70.5. The third-order valence-corrected chi connectivity index (χ3v) is 3.27. The Morgan fingerprint density at radius 3 is 3.31 bits per heavy atom. The molecule has 0 radical (unpaired) electrons. The van der Waals surface area contributed by atoms with Crippen molar-refractivity contribution in [3.63, 3.8) is 0 Å². The zero-order valence-electron chi connectivity index (χ0n) is 15.6. The number of hydrogen-bond donors (Lipinski definition) is 2. The lowest BCUT2D eigenvalue weighted by molar-refractivity contribution is 0.174. The molecule has 1 heterocycles. The normalized spacial score (nSPS) is 50.1. The van der Waals surface area contributed by atoms with E-state index in [0.717, 1.165) is 6.07 Å². The monoisotopic (exact) mass is 227 g/mol. The topological polar surface area (TPSA) is 38.0 Å². The number of halogens is 1. The zero-order chi connectivity index (χ0) is 17.4. The van der Waals surface area contributed by atoms with Crippen LogP contribution in [0.3, 0.4) is 0 Å². The van der Waals surface area contributed by atoms with E-state index in [1.165, 1.54) is 12.1 Å². The molecule has 2 unspecified atom stereocenters. The van der Waals surface area contributed by atoms with Crippen LogP contribution in [0.5, 0.6) is 0 Å². The van der Waals surface area contributed by atoms with E-state index in [-0.39, 0.29) is 6.42 Å². The summed E-state index contributed by atoms with van der Waals surface area (Å²) >= 11 is 0. The Morgan fingerprint density at radius 1 is 1.56 bits per heavy atom. The third kappa shape index (κ3) is 1.39. The van der Waals surface area contributed by atoms with E-state index < -0.39 is 43.1 Å². The molecule has 0 saturated carbocycles. The molecule has 1 fully saturated rings. The predicted octanol–water partition coefficient (Wildman–Crippen LogP) is 1.75. The van der Waals surface area contributed by atoms with E-state index in [2.05, 4.69) is 0 Å². The molecule has 3 heteroatoms. The van der Waals surface area contributed by atoms with Gasteiger partial charge in [-0.1, -0.05) is 6.07 Å². The van der Waals surface area contributed by atoms with Crippen LogP contribution < -0.4 is 11.0 Å². The van der Waals surface area contributed by atoms with Gasteiger partial charge >= 0.3 is 0 Å². The van der Waals surface area contributed by atoms with Gasteiger partial charge in [-0.3, -0.25) is 0 Å². The second-order valence-electron chi connectivity index (χ2n) is 4.20. The number of hydrogen-bond acceptors (Lipinski definition) is 2. The van der Waals surface area contributed by atoms with Crippen LogP contribution in [0.15, 0.2) is 18.2 Å². The van der Waals surface area contributed by atoms with Crippen LogP contribution in [-0.2, 0) is 6.42 Å². The van der Waals surface area contributed by atoms with E-state index >= 15 is 0 Å². The van der Waals surface area contributed by atoms with Crippen LogP contribution in [0.4, 0.5) is 4.39 Å². The number of nitrogens with two attached hydrogens (primary N) is 1. The van der Waals surface area contributed by atoms with Crippen molar-refractivity contribution in [3.05, 3.63) is 35.1 Å². The van der Waals surface area contributed by atoms with Crippen molar-refractivity contribution in [2.75, 3.05) is 13.0 Å². The summed E-state index contributed by atoms with van der Waals surface area (Å²) in [5.41, 5.74) is 5.04. The van der Waals surface area contributed by atoms with Crippen LogP contribution >= 0.6 is 0 Å². The van der Waals surface area contributed by atoms with Gasteiger partial charge in [0, 0.05) is 14.3 Å². The Balaban J connectivity index is 2.24. The smallest absolute Gasteiger partial charge is 0.123 e. The number of rotatable bonds is 0. The Hall–Kier alpha value is -0.930. The molecular weight excluding hydrogens is 203 g/mol. The van der Waals surface area contributed by atoms with Crippen LogP contribution in [0, 0.1) is 11.2 Å². The second kappa shape index (κ2) is 3.54. The summed E-state index contributed by atoms with van der Waals surface area (Å²) in [6.45, 7) is -3.35. The predicted molar refractivity (Wildman–Crippen MR) is 61.6 cm³/mol. The maximum absolute atomic E-state index is 13.5. The molecule has 3 rings (SSSR count). The van der Waals surface area contributed by atoms with Gasteiger partial charge in [-0.15, -0.1) is 0 Å². The van der Waals surface area contributed by atoms with Crippen molar-refractivity contribution >= 4 is 0 Å². The molecule has 3 N–H and O–H groups in total. The van der Waals surface area contributed by atoms with E-state index in [0.29, 0.717) is 16.4 Å². The Labute approximate surface area is 105 Å². The molecule has 1 saturated heterocycles. The van der Waals surface area contributed by atoms with Gasteiger partial charge in [0.25, 0.3) is 0 Å². The SMILES string of the molecule is [2H]N1CC([2H])([2H])C2(Cc3ccc(F)cc3C2N)C([2H])([2H])C1([2H])[2H]. The number of fused-ring (bicyclic) bond motifs is 1. The van der Waals surface area contributed by atoms with Gasteiger partial charge in [0.05, 0.1) is 0 Å². The molecule has 2 nitrogen and oxygen atoms in total. The number of piperidine rings is 1. The summed E-state index contributed by atoms with van der Waals surface area (Å²) in [5, 5.41) is 0.300. The van der Waals surface area contributed by atoms with Crippen LogP contribution in [-0.4, -0.2) is 13.0 Å². The van der Waals surface area contributed by atoms with Crippen LogP contribution in [0.2, 0.25) is 1.41 Å². The molecule has 1 aliphatic heterocycles. The lowest BCUT2D eigenvalue weighted by Crippen LogP contribution is -2.42. The Bertz CT molecular complexity index is 666. The Kier molecular flexibility index (Phi) is 1.14. The molecule has 2 atom stereocenters. The molecule has 2 aliphatic rings. The third-order valence-electron chi connectivity index (χ3n) is 3.27. The van der Waals surface area contributed by atoms with E-state index in [4.69, 9.17) is 15.4 Å². The lowest BCUT2D eigenvalue weighted by atomic mass is 9.73. The minimum absolute atomic E-state index is 0.142. The summed E-state index contributed by atoms with van der Waals surface area (Å²) in [6.07, 6.45) is -5.16. The zero-order valence-corrected chi connectivity index (χ0v) is 8.63. The highest BCUT2D eigenvalue weighted by molar-refractivity contribution is 5.38. The largest absolute Gasteiger partial charge is 0.323 e. The first-order chi connectivity index (χ1) is 10.4. The first-order valence-electron chi connectivity index (χ1n) is 8.64. The summed E-state index contributed by atoms with van der Waals surface area (Å²) in [6, 6.07) is 2.59. The van der Waals surface area contributed by atoms with Crippen molar-refractivity contribution in [3.8, 4) is 0 Å². The molecule has 86 valence electrons. The van der Waals surface area contributed by atoms with Gasteiger partial charge in [0.1, 0.15) is 7.23 Å². The molecule has 1 aromatic carbocycles. The fourth-order valence-electron chi connectivity index (χ4n) is 2.39. The van der Waals surface area contributed by atoms with Gasteiger partial charge < -0.3 is 11.0 Å². The molecule has 16 heavy (non-hydrogen) atoms. The molecule has 0 bridgehead atoms. The fraction of sp³-hybridized carbons (Fsp3) is 0.538. The van der Waals surface area contributed by atoms with Crippen molar-refractivity contribution in [1.29, 1.82) is 0 Å². The summed E-state index contributed by atoms with van der Waals surface area (Å²) in [5.74, 6) is -0.557. The van der Waals surface area contributed by atoms with Crippen molar-refractivity contribution in [2.24, 2.45) is 11.1 Å². The first-order valence-corrected chi connectivity index (χ1v) is 5.19. The quantitative estimate of drug-likeness (QED) is 0.708. The number of nitrogens with one attached hydrogen (secondary N) is 1. The molecule has 0 aromatic heterocycles. The summed E-state index contributed by atoms with van der Waals surface area (Å²) in [7, 11) is 0. The van der Waals surface area contributed by atoms with Gasteiger partial charge in [0.15, 0.2) is 0 Å². The molecule has 0 amide bonds. The van der Waals surface area contributed by atoms with Crippen LogP contribution in [0.1, 0.15) is 38.1 Å². The van der Waals surface area contributed by atoms with Crippen molar-refractivity contribution < 1.29 is 14.0 Å². The average molecular weight is 227 g/mol. The average Bonchev–Trinajstić information content (AvgIpc) is 2.72. The van der Waals surface area contributed by atoms with E-state index in [1.807, 2.05) is 0 Å². The maximum atomic E-state index is 13.5. The van der Waals surface area contributed by atoms with Gasteiger partial charge in [0.2, 0.25) is 0 Å². The highest BCUT2D eigenvalue weighted by Crippen LogP contribution is 2.49. The lowest BCUT2D eigenvalue weighted by Gasteiger charge is -2.37. The highest BCUT2D eigenvalue weighted by Gasteiger charge is 2.44. The van der Waals surface area contributed by atoms with Gasteiger partial charge in [-0.25, -0.2) is 4.39 Å². The molecule has 1 aliphatic carbocycles. The van der Waals surface area contributed by atoms with Crippen LogP contribution in [0.25, 0.3) is 0 Å². The maximum Gasteiger partial charge on any atom is 0.123 e. The van der Waals surface area contributed by atoms with Gasteiger partial charge in [-0.05, 0) is 60.9 Å². The van der Waals surface area contributed by atoms with Crippen molar-refractivity contribution in [2.45, 2.75) is 25.2 Å². The standard InChI is InChI=1S/C13H17FN2/c14-10-2-1-9-8-13(3-5-16-6-4-13)12(15)11(9)7-10/h1-2,7,12,16H,3-6,8,15H2/i3D2,4D2,5D2/hD. The minimum Gasteiger partial charge on any atom is -0.323 e. The summed E-state index contributed by atoms with van der Waals surface area (Å²) in [4.78, 5) is 0. The molecule has 1 spiro atoms. The number of benzene rings is 1. The van der Waals surface area contributed by atoms with E-state index in [1.54, 1.807) is 0 Å². The van der Waals surface area contributed by atoms with Gasteiger partial charge in [-0.2, -0.15) is 0 Å².